The fourth-order valence-corrected chi connectivity index (χ4v) is 3.08. The molecule has 1 N–H and O–H groups in total. The van der Waals surface area contributed by atoms with E-state index in [2.05, 4.69) is 5.32 Å². The van der Waals surface area contributed by atoms with Gasteiger partial charge >= 0.3 is 0 Å². The molecule has 0 saturated carbocycles. The van der Waals surface area contributed by atoms with Crippen molar-refractivity contribution in [3.05, 3.63) is 59.9 Å². The number of nitrogens with zero attached hydrogens (tertiary/aromatic N) is 1. The van der Waals surface area contributed by atoms with Crippen LogP contribution in [0.4, 0.5) is 0 Å². The van der Waals surface area contributed by atoms with Crippen LogP contribution < -0.4 is 5.32 Å². The molecule has 0 bridgehead atoms. The Hall–Kier alpha value is -1.59. The van der Waals surface area contributed by atoms with E-state index >= 15 is 0 Å². The van der Waals surface area contributed by atoms with E-state index in [0.29, 0.717) is 6.54 Å². The van der Waals surface area contributed by atoms with Crippen LogP contribution in [0.5, 0.6) is 0 Å². The maximum atomic E-state index is 11.6. The van der Waals surface area contributed by atoms with E-state index in [-0.39, 0.29) is 11.8 Å². The first-order valence-corrected chi connectivity index (χ1v) is 8.58. The van der Waals surface area contributed by atoms with Gasteiger partial charge in [-0.3, -0.25) is 0 Å². The van der Waals surface area contributed by atoms with E-state index in [1.165, 1.54) is 6.26 Å². The topological polar surface area (TPSA) is 51.1 Å². The summed E-state index contributed by atoms with van der Waals surface area (Å²) in [5.74, 6) is 0.0986. The molecule has 1 atom stereocenters. The summed E-state index contributed by atoms with van der Waals surface area (Å²) in [6.07, 6.45) is 3.25. The molecular formula is C15H20N2O2S. The van der Waals surface area contributed by atoms with Gasteiger partial charge in [-0.15, -0.1) is 0 Å². The van der Waals surface area contributed by atoms with Crippen molar-refractivity contribution < 1.29 is 8.42 Å². The molecule has 108 valence electrons. The highest BCUT2D eigenvalue weighted by Crippen LogP contribution is 2.15. The lowest BCUT2D eigenvalue weighted by Gasteiger charge is -2.18. The first-order valence-electron chi connectivity index (χ1n) is 6.52. The third-order valence-corrected chi connectivity index (χ3v) is 4.19. The van der Waals surface area contributed by atoms with Crippen molar-refractivity contribution in [3.63, 3.8) is 0 Å². The molecule has 2 rings (SSSR count). The van der Waals surface area contributed by atoms with E-state index < -0.39 is 9.84 Å². The largest absolute Gasteiger partial charge is 0.353 e. The third-order valence-electron chi connectivity index (χ3n) is 3.25. The molecule has 0 aliphatic rings. The minimum absolute atomic E-state index is 0.0986. The molecule has 0 aliphatic heterocycles. The normalized spacial score (nSPS) is 13.3. The Morgan fingerprint density at radius 1 is 1.15 bits per heavy atom. The zero-order valence-electron chi connectivity index (χ0n) is 11.8. The first-order chi connectivity index (χ1) is 9.46. The lowest BCUT2D eigenvalue weighted by Crippen LogP contribution is -2.28. The zero-order chi connectivity index (χ0) is 14.6. The van der Waals surface area contributed by atoms with E-state index in [9.17, 15) is 8.42 Å². The van der Waals surface area contributed by atoms with Crippen LogP contribution in [0.3, 0.4) is 0 Å². The lowest BCUT2D eigenvalue weighted by molar-refractivity contribution is 0.541. The maximum absolute atomic E-state index is 11.6. The van der Waals surface area contributed by atoms with Crippen LogP contribution in [0, 0.1) is 0 Å². The standard InChI is InChI=1S/C15H20N2O2S/c1-17-10-6-9-14(17)11-16-15(12-20(2,18)19)13-7-4-3-5-8-13/h3-10,15-16H,11-12H2,1-2H3/t15-/m0/s1. The van der Waals surface area contributed by atoms with Crippen molar-refractivity contribution in [2.45, 2.75) is 12.6 Å². The van der Waals surface area contributed by atoms with Crippen molar-refractivity contribution in [1.29, 1.82) is 0 Å². The number of sulfone groups is 1. The minimum Gasteiger partial charge on any atom is -0.353 e. The van der Waals surface area contributed by atoms with Gasteiger partial charge in [0.05, 0.1) is 5.75 Å². The minimum atomic E-state index is -3.04. The Morgan fingerprint density at radius 3 is 2.40 bits per heavy atom. The van der Waals surface area contributed by atoms with Gasteiger partial charge in [0.1, 0.15) is 9.84 Å². The zero-order valence-corrected chi connectivity index (χ0v) is 12.6. The van der Waals surface area contributed by atoms with E-state index in [1.807, 2.05) is 60.3 Å². The molecule has 4 nitrogen and oxygen atoms in total. The van der Waals surface area contributed by atoms with Crippen LogP contribution >= 0.6 is 0 Å². The van der Waals surface area contributed by atoms with Gasteiger partial charge in [0, 0.05) is 37.8 Å². The molecule has 0 aliphatic carbocycles. The van der Waals surface area contributed by atoms with Crippen LogP contribution in [0.15, 0.2) is 48.7 Å². The number of nitrogens with one attached hydrogen (secondary N) is 1. The summed E-state index contributed by atoms with van der Waals surface area (Å²) in [6, 6.07) is 13.5. The van der Waals surface area contributed by atoms with Gasteiger partial charge < -0.3 is 9.88 Å². The molecule has 5 heteroatoms. The van der Waals surface area contributed by atoms with Crippen molar-refractivity contribution >= 4 is 9.84 Å². The molecule has 2 aromatic rings. The molecule has 1 aromatic heterocycles. The molecule has 0 unspecified atom stereocenters. The predicted molar refractivity (Wildman–Crippen MR) is 81.1 cm³/mol. The summed E-state index contributed by atoms with van der Waals surface area (Å²) >= 11 is 0. The number of benzene rings is 1. The number of hydrogen-bond donors (Lipinski definition) is 1. The molecule has 1 heterocycles. The Bertz CT molecular complexity index is 648. The average Bonchev–Trinajstić information content (AvgIpc) is 2.80. The van der Waals surface area contributed by atoms with Crippen molar-refractivity contribution in [1.82, 2.24) is 9.88 Å². The van der Waals surface area contributed by atoms with Crippen molar-refractivity contribution in [2.75, 3.05) is 12.0 Å². The van der Waals surface area contributed by atoms with Gasteiger partial charge in [-0.25, -0.2) is 8.42 Å². The van der Waals surface area contributed by atoms with Crippen molar-refractivity contribution in [2.24, 2.45) is 7.05 Å². The summed E-state index contributed by atoms with van der Waals surface area (Å²) in [5, 5.41) is 3.34. The molecule has 20 heavy (non-hydrogen) atoms. The summed E-state index contributed by atoms with van der Waals surface area (Å²) < 4.78 is 25.2. The summed E-state index contributed by atoms with van der Waals surface area (Å²) in [5.41, 5.74) is 2.12. The number of aryl methyl sites for hydroxylation is 1. The van der Waals surface area contributed by atoms with Crippen LogP contribution in [0.1, 0.15) is 17.3 Å². The Labute approximate surface area is 120 Å². The monoisotopic (exact) mass is 292 g/mol. The quantitative estimate of drug-likeness (QED) is 0.884. The smallest absolute Gasteiger partial charge is 0.149 e. The summed E-state index contributed by atoms with van der Waals surface area (Å²) in [4.78, 5) is 0. The second-order valence-corrected chi connectivity index (χ2v) is 7.23. The lowest BCUT2D eigenvalue weighted by atomic mass is 10.1. The summed E-state index contributed by atoms with van der Waals surface area (Å²) in [7, 11) is -1.06. The average molecular weight is 292 g/mol. The molecule has 0 saturated heterocycles. The van der Waals surface area contributed by atoms with Gasteiger partial charge in [0.25, 0.3) is 0 Å². The van der Waals surface area contributed by atoms with Gasteiger partial charge in [0.2, 0.25) is 0 Å². The predicted octanol–water partition coefficient (Wildman–Crippen LogP) is 1.90. The number of rotatable bonds is 6. The number of hydrogen-bond acceptors (Lipinski definition) is 3. The molecule has 0 spiro atoms. The molecule has 1 aromatic carbocycles. The highest BCUT2D eigenvalue weighted by atomic mass is 32.2. The highest BCUT2D eigenvalue weighted by Gasteiger charge is 2.17. The Balaban J connectivity index is 2.13. The SMILES string of the molecule is Cn1cccc1CN[C@@H](CS(C)(=O)=O)c1ccccc1. The molecular weight excluding hydrogens is 272 g/mol. The number of aromatic nitrogens is 1. The fourth-order valence-electron chi connectivity index (χ4n) is 2.17. The van der Waals surface area contributed by atoms with Gasteiger partial charge in [-0.1, -0.05) is 30.3 Å². The molecule has 0 amide bonds. The fraction of sp³-hybridized carbons (Fsp3) is 0.333. The van der Waals surface area contributed by atoms with Crippen LogP contribution in [-0.4, -0.2) is 25.0 Å². The van der Waals surface area contributed by atoms with Crippen molar-refractivity contribution in [3.8, 4) is 0 Å². The molecule has 0 fully saturated rings. The summed E-state index contributed by atoms with van der Waals surface area (Å²) in [6.45, 7) is 0.637. The second-order valence-electron chi connectivity index (χ2n) is 5.05. The first kappa shape index (κ1) is 14.8. The molecule has 0 radical (unpaired) electrons. The Kier molecular flexibility index (Phi) is 4.62. The third kappa shape index (κ3) is 4.21. The van der Waals surface area contributed by atoms with Gasteiger partial charge in [-0.2, -0.15) is 0 Å². The van der Waals surface area contributed by atoms with Crippen LogP contribution in [0.2, 0.25) is 0 Å². The second kappa shape index (κ2) is 6.24. The van der Waals surface area contributed by atoms with E-state index in [1.54, 1.807) is 0 Å². The van der Waals surface area contributed by atoms with Gasteiger partial charge in [-0.05, 0) is 17.7 Å². The maximum Gasteiger partial charge on any atom is 0.149 e. The Morgan fingerprint density at radius 2 is 1.85 bits per heavy atom. The van der Waals surface area contributed by atoms with E-state index in [0.717, 1.165) is 11.3 Å². The van der Waals surface area contributed by atoms with E-state index in [4.69, 9.17) is 0 Å². The highest BCUT2D eigenvalue weighted by molar-refractivity contribution is 7.90. The van der Waals surface area contributed by atoms with Gasteiger partial charge in [0.15, 0.2) is 0 Å². The van der Waals surface area contributed by atoms with Crippen LogP contribution in [-0.2, 0) is 23.4 Å². The van der Waals surface area contributed by atoms with Crippen LogP contribution in [0.25, 0.3) is 0 Å².